The molecule has 2 saturated heterocycles. The second-order valence-corrected chi connectivity index (χ2v) is 9.80. The van der Waals surface area contributed by atoms with Gasteiger partial charge >= 0.3 is 12.2 Å². The molecule has 2 fully saturated rings. The number of urea groups is 1. The minimum absolute atomic E-state index is 0.0906. The van der Waals surface area contributed by atoms with E-state index in [-0.39, 0.29) is 16.3 Å². The van der Waals surface area contributed by atoms with Crippen LogP contribution in [0.1, 0.15) is 37.3 Å². The Morgan fingerprint density at radius 1 is 1.05 bits per heavy atom. The van der Waals surface area contributed by atoms with Crippen molar-refractivity contribution in [3.63, 3.8) is 0 Å². The van der Waals surface area contributed by atoms with E-state index in [1.165, 1.54) is 17.0 Å². The average Bonchev–Trinajstić information content (AvgIpc) is 3.28. The van der Waals surface area contributed by atoms with Crippen molar-refractivity contribution in [3.8, 4) is 5.75 Å². The first-order valence-electron chi connectivity index (χ1n) is 12.2. The molecule has 0 unspecified atom stereocenters. The van der Waals surface area contributed by atoms with Gasteiger partial charge in [-0.15, -0.1) is 0 Å². The van der Waals surface area contributed by atoms with Crippen molar-refractivity contribution >= 4 is 35.3 Å². The summed E-state index contributed by atoms with van der Waals surface area (Å²) in [6.45, 7) is 4.39. The Balaban J connectivity index is 1.34. The number of carbonyl (C=O) groups is 2. The Kier molecular flexibility index (Phi) is 8.02. The lowest BCUT2D eigenvalue weighted by molar-refractivity contribution is -0.137. The Bertz CT molecular complexity index is 1180. The molecule has 2 aliphatic rings. The average molecular weight is 536 g/mol. The fraction of sp³-hybridized carbons (Fsp3) is 0.407. The highest BCUT2D eigenvalue weighted by molar-refractivity contribution is 6.34. The first kappa shape index (κ1) is 26.9. The molecule has 10 heteroatoms. The van der Waals surface area contributed by atoms with Crippen molar-refractivity contribution in [3.05, 3.63) is 64.7 Å². The molecule has 2 aromatic rings. The third-order valence-corrected chi connectivity index (χ3v) is 7.35. The fourth-order valence-electron chi connectivity index (χ4n) is 4.96. The van der Waals surface area contributed by atoms with E-state index >= 15 is 0 Å². The molecule has 198 valence electrons. The van der Waals surface area contributed by atoms with E-state index in [0.717, 1.165) is 23.8 Å². The molecule has 0 radical (unpaired) electrons. The smallest absolute Gasteiger partial charge is 0.418 e. The maximum Gasteiger partial charge on any atom is 0.418 e. The summed E-state index contributed by atoms with van der Waals surface area (Å²) in [6, 6.07) is 10.3. The van der Waals surface area contributed by atoms with E-state index in [4.69, 9.17) is 16.3 Å². The molecule has 0 saturated carbocycles. The van der Waals surface area contributed by atoms with Gasteiger partial charge in [0, 0.05) is 37.8 Å². The summed E-state index contributed by atoms with van der Waals surface area (Å²) in [6.07, 6.45) is 0.820. The predicted octanol–water partition coefficient (Wildman–Crippen LogP) is 6.32. The zero-order valence-corrected chi connectivity index (χ0v) is 21.2. The molecule has 4 rings (SSSR count). The van der Waals surface area contributed by atoms with Gasteiger partial charge in [-0.2, -0.15) is 13.2 Å². The van der Waals surface area contributed by atoms with Crippen molar-refractivity contribution in [1.29, 1.82) is 0 Å². The van der Waals surface area contributed by atoms with Crippen LogP contribution in [0.3, 0.4) is 0 Å². The minimum Gasteiger partial charge on any atom is -0.493 e. The summed E-state index contributed by atoms with van der Waals surface area (Å²) in [7, 11) is 0. The number of carbonyl (C=O) groups excluding carboxylic acids is 2. The lowest BCUT2D eigenvalue weighted by Gasteiger charge is -2.39. The van der Waals surface area contributed by atoms with Gasteiger partial charge in [0.1, 0.15) is 5.75 Å². The van der Waals surface area contributed by atoms with Gasteiger partial charge in [-0.25, -0.2) is 4.79 Å². The number of halogens is 4. The number of hydrogen-bond acceptors (Lipinski definition) is 3. The number of para-hydroxylation sites is 2. The van der Waals surface area contributed by atoms with Gasteiger partial charge in [-0.05, 0) is 55.9 Å². The van der Waals surface area contributed by atoms with Crippen LogP contribution in [0.15, 0.2) is 48.5 Å². The van der Waals surface area contributed by atoms with E-state index in [1.807, 2.05) is 31.2 Å². The Morgan fingerprint density at radius 3 is 2.41 bits per heavy atom. The number of anilines is 1. The zero-order chi connectivity index (χ0) is 26.6. The summed E-state index contributed by atoms with van der Waals surface area (Å²) in [4.78, 5) is 28.9. The molecular weight excluding hydrogens is 507 g/mol. The van der Waals surface area contributed by atoms with Gasteiger partial charge < -0.3 is 19.9 Å². The summed E-state index contributed by atoms with van der Waals surface area (Å²) in [5.74, 6) is 0.627. The van der Waals surface area contributed by atoms with Gasteiger partial charge in [-0.1, -0.05) is 35.9 Å². The number of amides is 3. The van der Waals surface area contributed by atoms with E-state index in [9.17, 15) is 22.8 Å². The molecule has 2 aromatic carbocycles. The van der Waals surface area contributed by atoms with Crippen LogP contribution in [-0.4, -0.2) is 54.5 Å². The molecule has 0 aromatic heterocycles. The number of rotatable bonds is 5. The molecule has 3 amide bonds. The Hall–Kier alpha value is -3.20. The number of alkyl halides is 3. The molecule has 2 aliphatic heterocycles. The second-order valence-electron chi connectivity index (χ2n) is 9.39. The van der Waals surface area contributed by atoms with Crippen molar-refractivity contribution in [2.75, 3.05) is 38.1 Å². The van der Waals surface area contributed by atoms with Crippen LogP contribution < -0.4 is 10.1 Å². The van der Waals surface area contributed by atoms with E-state index in [1.54, 1.807) is 17.1 Å². The first-order chi connectivity index (χ1) is 17.6. The zero-order valence-electron chi connectivity index (χ0n) is 20.5. The standard InChI is InChI=1S/C27H29ClF3N3O3/c1-2-37-22-9-4-3-6-19(22)10-11-23(35)33-15-12-26(13-16-33)14-17-34(18-26)25(36)32-24-20(27(29,30)31)7-5-8-21(24)28/h3-11H,2,12-18H2,1H3,(H,32,36)/b11-10+. The van der Waals surface area contributed by atoms with Crippen LogP contribution in [0.25, 0.3) is 6.08 Å². The number of ether oxygens (including phenoxy) is 1. The number of likely N-dealkylation sites (tertiary alicyclic amines) is 2. The SMILES string of the molecule is CCOc1ccccc1/C=C/C(=O)N1CCC2(CC1)CCN(C(=O)Nc1c(Cl)cccc1C(F)(F)F)C2. The molecule has 1 N–H and O–H groups in total. The van der Waals surface area contributed by atoms with Crippen LogP contribution in [0, 0.1) is 5.41 Å². The largest absolute Gasteiger partial charge is 0.493 e. The maximum absolute atomic E-state index is 13.4. The topological polar surface area (TPSA) is 61.9 Å². The monoisotopic (exact) mass is 535 g/mol. The van der Waals surface area contributed by atoms with Crippen LogP contribution in [-0.2, 0) is 11.0 Å². The molecule has 0 aliphatic carbocycles. The van der Waals surface area contributed by atoms with Crippen LogP contribution in [0.5, 0.6) is 5.75 Å². The van der Waals surface area contributed by atoms with Gasteiger partial charge in [0.2, 0.25) is 5.91 Å². The third-order valence-electron chi connectivity index (χ3n) is 7.04. The first-order valence-corrected chi connectivity index (χ1v) is 12.6. The number of nitrogens with one attached hydrogen (secondary N) is 1. The fourth-order valence-corrected chi connectivity index (χ4v) is 5.18. The summed E-state index contributed by atoms with van der Waals surface area (Å²) in [5, 5.41) is 2.21. The molecular formula is C27H29ClF3N3O3. The van der Waals surface area contributed by atoms with Crippen molar-refractivity contribution < 1.29 is 27.5 Å². The Labute approximate surface area is 219 Å². The second kappa shape index (κ2) is 11.0. The van der Waals surface area contributed by atoms with E-state index in [2.05, 4.69) is 5.32 Å². The highest BCUT2D eigenvalue weighted by Gasteiger charge is 2.43. The van der Waals surface area contributed by atoms with Crippen molar-refractivity contribution in [2.24, 2.45) is 5.41 Å². The highest BCUT2D eigenvalue weighted by Crippen LogP contribution is 2.42. The highest BCUT2D eigenvalue weighted by atomic mass is 35.5. The molecule has 6 nitrogen and oxygen atoms in total. The number of hydrogen-bond donors (Lipinski definition) is 1. The maximum atomic E-state index is 13.4. The van der Waals surface area contributed by atoms with Gasteiger partial charge in [-0.3, -0.25) is 4.79 Å². The van der Waals surface area contributed by atoms with Crippen molar-refractivity contribution in [2.45, 2.75) is 32.4 Å². The molecule has 0 bridgehead atoms. The number of benzene rings is 2. The van der Waals surface area contributed by atoms with Crippen LogP contribution >= 0.6 is 11.6 Å². The molecule has 0 atom stereocenters. The van der Waals surface area contributed by atoms with E-state index in [0.29, 0.717) is 45.6 Å². The van der Waals surface area contributed by atoms with Gasteiger partial charge in [0.25, 0.3) is 0 Å². The van der Waals surface area contributed by atoms with Crippen LogP contribution in [0.4, 0.5) is 23.7 Å². The summed E-state index contributed by atoms with van der Waals surface area (Å²) < 4.78 is 45.7. The predicted molar refractivity (Wildman–Crippen MR) is 137 cm³/mol. The lowest BCUT2D eigenvalue weighted by Crippen LogP contribution is -2.44. The van der Waals surface area contributed by atoms with Gasteiger partial charge in [0.15, 0.2) is 0 Å². The Morgan fingerprint density at radius 2 is 1.73 bits per heavy atom. The lowest BCUT2D eigenvalue weighted by atomic mass is 9.78. The third kappa shape index (κ3) is 6.21. The summed E-state index contributed by atoms with van der Waals surface area (Å²) in [5.41, 5.74) is -0.741. The quantitative estimate of drug-likeness (QED) is 0.456. The molecule has 1 spiro atoms. The van der Waals surface area contributed by atoms with Gasteiger partial charge in [0.05, 0.1) is 22.9 Å². The molecule has 37 heavy (non-hydrogen) atoms. The van der Waals surface area contributed by atoms with Crippen LogP contribution in [0.2, 0.25) is 5.02 Å². The van der Waals surface area contributed by atoms with E-state index < -0.39 is 23.5 Å². The number of nitrogens with zero attached hydrogens (tertiary/aromatic N) is 2. The minimum atomic E-state index is -4.64. The molecule has 2 heterocycles. The normalized spacial score (nSPS) is 17.4. The van der Waals surface area contributed by atoms with Crippen molar-refractivity contribution in [1.82, 2.24) is 9.80 Å². The summed E-state index contributed by atoms with van der Waals surface area (Å²) >= 11 is 5.98. The number of piperidine rings is 1.